The van der Waals surface area contributed by atoms with E-state index in [4.69, 9.17) is 0 Å². The molecule has 1 unspecified atom stereocenters. The highest BCUT2D eigenvalue weighted by Crippen LogP contribution is 2.22. The van der Waals surface area contributed by atoms with Crippen LogP contribution in [-0.2, 0) is 4.79 Å². The van der Waals surface area contributed by atoms with Crippen LogP contribution in [0.3, 0.4) is 0 Å². The van der Waals surface area contributed by atoms with Gasteiger partial charge in [-0.25, -0.2) is 0 Å². The van der Waals surface area contributed by atoms with Gasteiger partial charge < -0.3 is 10.2 Å². The van der Waals surface area contributed by atoms with E-state index < -0.39 is 0 Å². The van der Waals surface area contributed by atoms with Crippen LogP contribution in [0.2, 0.25) is 0 Å². The van der Waals surface area contributed by atoms with Crippen LogP contribution in [0.15, 0.2) is 0 Å². The molecule has 0 aromatic rings. The van der Waals surface area contributed by atoms with Crippen molar-refractivity contribution in [2.45, 2.75) is 70.3 Å². The fraction of sp³-hybridized carbons (Fsp3) is 0.938. The van der Waals surface area contributed by atoms with E-state index in [0.717, 1.165) is 31.8 Å². The third kappa shape index (κ3) is 4.79. The molecule has 0 bridgehead atoms. The van der Waals surface area contributed by atoms with Crippen molar-refractivity contribution >= 4 is 5.91 Å². The molecule has 110 valence electrons. The van der Waals surface area contributed by atoms with E-state index in [1.807, 2.05) is 7.05 Å². The Balaban J connectivity index is 1.71. The first kappa shape index (κ1) is 14.8. The summed E-state index contributed by atoms with van der Waals surface area (Å²) in [5.74, 6) is 1.10. The minimum Gasteiger partial charge on any atom is -0.343 e. The predicted molar refractivity (Wildman–Crippen MR) is 79.1 cm³/mol. The average Bonchev–Trinajstić information content (AvgIpc) is 2.74. The number of hydrogen-bond acceptors (Lipinski definition) is 2. The van der Waals surface area contributed by atoms with Crippen LogP contribution in [0.1, 0.15) is 64.2 Å². The molecule has 1 saturated carbocycles. The molecule has 3 heteroatoms. The van der Waals surface area contributed by atoms with Crippen molar-refractivity contribution in [3.8, 4) is 0 Å². The molecule has 0 spiro atoms. The maximum atomic E-state index is 12.3. The van der Waals surface area contributed by atoms with Crippen LogP contribution >= 0.6 is 0 Å². The van der Waals surface area contributed by atoms with Gasteiger partial charge in [0.1, 0.15) is 0 Å². The number of carbonyl (C=O) groups is 1. The minimum absolute atomic E-state index is 0.373. The molecule has 3 nitrogen and oxygen atoms in total. The van der Waals surface area contributed by atoms with Gasteiger partial charge in [0, 0.05) is 19.5 Å². The van der Waals surface area contributed by atoms with Gasteiger partial charge in [0.2, 0.25) is 5.91 Å². The van der Waals surface area contributed by atoms with Crippen LogP contribution in [0, 0.1) is 5.92 Å². The van der Waals surface area contributed by atoms with Crippen molar-refractivity contribution in [2.75, 3.05) is 20.1 Å². The van der Waals surface area contributed by atoms with Gasteiger partial charge in [-0.2, -0.15) is 0 Å². The van der Waals surface area contributed by atoms with Gasteiger partial charge >= 0.3 is 0 Å². The molecule has 1 N–H and O–H groups in total. The van der Waals surface area contributed by atoms with Crippen LogP contribution in [0.4, 0.5) is 0 Å². The zero-order valence-corrected chi connectivity index (χ0v) is 12.5. The molecule has 1 aliphatic carbocycles. The first-order chi connectivity index (χ1) is 9.27. The molecule has 1 atom stereocenters. The lowest BCUT2D eigenvalue weighted by Gasteiger charge is -2.28. The summed E-state index contributed by atoms with van der Waals surface area (Å²) in [4.78, 5) is 14.4. The standard InChI is InChI=1S/C16H30N2O/c1-18(15-8-4-2-3-5-9-15)16(19)11-10-14-7-6-12-17-13-14/h14-15,17H,2-13H2,1H3. The van der Waals surface area contributed by atoms with Gasteiger partial charge in [-0.15, -0.1) is 0 Å². The third-order valence-corrected chi connectivity index (χ3v) is 4.93. The first-order valence-corrected chi connectivity index (χ1v) is 8.24. The molecular formula is C16H30N2O. The van der Waals surface area contributed by atoms with Crippen molar-refractivity contribution in [3.63, 3.8) is 0 Å². The van der Waals surface area contributed by atoms with E-state index in [-0.39, 0.29) is 0 Å². The largest absolute Gasteiger partial charge is 0.343 e. The Bertz CT molecular complexity index is 266. The third-order valence-electron chi connectivity index (χ3n) is 4.93. The number of carbonyl (C=O) groups excluding carboxylic acids is 1. The van der Waals surface area contributed by atoms with Crippen LogP contribution in [0.5, 0.6) is 0 Å². The fourth-order valence-electron chi connectivity index (χ4n) is 3.52. The molecule has 19 heavy (non-hydrogen) atoms. The number of hydrogen-bond donors (Lipinski definition) is 1. The van der Waals surface area contributed by atoms with E-state index in [9.17, 15) is 4.79 Å². The molecule has 1 saturated heterocycles. The van der Waals surface area contributed by atoms with Gasteiger partial charge in [0.15, 0.2) is 0 Å². The zero-order chi connectivity index (χ0) is 13.5. The zero-order valence-electron chi connectivity index (χ0n) is 12.5. The van der Waals surface area contributed by atoms with Crippen molar-refractivity contribution in [3.05, 3.63) is 0 Å². The quantitative estimate of drug-likeness (QED) is 0.794. The molecule has 2 aliphatic rings. The highest BCUT2D eigenvalue weighted by molar-refractivity contribution is 5.76. The maximum absolute atomic E-state index is 12.3. The molecule has 2 rings (SSSR count). The van der Waals surface area contributed by atoms with Crippen LogP contribution < -0.4 is 5.32 Å². The lowest BCUT2D eigenvalue weighted by Crippen LogP contribution is -2.37. The Kier molecular flexibility index (Phi) is 6.15. The molecular weight excluding hydrogens is 236 g/mol. The predicted octanol–water partition coefficient (Wildman–Crippen LogP) is 2.95. The molecule has 0 aromatic heterocycles. The van der Waals surface area contributed by atoms with Gasteiger partial charge in [-0.1, -0.05) is 25.7 Å². The Morgan fingerprint density at radius 1 is 1.11 bits per heavy atom. The van der Waals surface area contributed by atoms with E-state index in [2.05, 4.69) is 10.2 Å². The SMILES string of the molecule is CN(C(=O)CCC1CCCNC1)C1CCCCCC1. The average molecular weight is 266 g/mol. The lowest BCUT2D eigenvalue weighted by molar-refractivity contribution is -0.132. The summed E-state index contributed by atoms with van der Waals surface area (Å²) in [7, 11) is 2.03. The molecule has 1 aliphatic heterocycles. The van der Waals surface area contributed by atoms with E-state index in [0.29, 0.717) is 11.9 Å². The molecule has 0 aromatic carbocycles. The fourth-order valence-corrected chi connectivity index (χ4v) is 3.52. The smallest absolute Gasteiger partial charge is 0.222 e. The van der Waals surface area contributed by atoms with Crippen LogP contribution in [-0.4, -0.2) is 37.0 Å². The van der Waals surface area contributed by atoms with E-state index >= 15 is 0 Å². The summed E-state index contributed by atoms with van der Waals surface area (Å²) in [5, 5.41) is 3.43. The van der Waals surface area contributed by atoms with Gasteiger partial charge in [0.25, 0.3) is 0 Å². The maximum Gasteiger partial charge on any atom is 0.222 e. The van der Waals surface area contributed by atoms with Gasteiger partial charge in [-0.05, 0) is 51.1 Å². The van der Waals surface area contributed by atoms with Crippen LogP contribution in [0.25, 0.3) is 0 Å². The number of rotatable bonds is 4. The van der Waals surface area contributed by atoms with Crippen molar-refractivity contribution in [1.29, 1.82) is 0 Å². The summed E-state index contributed by atoms with van der Waals surface area (Å²) in [6.45, 7) is 2.27. The van der Waals surface area contributed by atoms with E-state index in [1.165, 1.54) is 51.4 Å². The molecule has 0 radical (unpaired) electrons. The summed E-state index contributed by atoms with van der Waals surface area (Å²) in [6, 6.07) is 0.513. The number of nitrogens with zero attached hydrogens (tertiary/aromatic N) is 1. The second kappa shape index (κ2) is 7.88. The number of piperidine rings is 1. The summed E-state index contributed by atoms with van der Waals surface area (Å²) in [6.07, 6.45) is 12.1. The van der Waals surface area contributed by atoms with Crippen molar-refractivity contribution < 1.29 is 4.79 Å². The van der Waals surface area contributed by atoms with Crippen molar-refractivity contribution in [2.24, 2.45) is 5.92 Å². The first-order valence-electron chi connectivity index (χ1n) is 8.24. The normalized spacial score (nSPS) is 25.8. The highest BCUT2D eigenvalue weighted by Gasteiger charge is 2.22. The Hall–Kier alpha value is -0.570. The van der Waals surface area contributed by atoms with Gasteiger partial charge in [0.05, 0.1) is 0 Å². The monoisotopic (exact) mass is 266 g/mol. The summed E-state index contributed by atoms with van der Waals surface area (Å²) < 4.78 is 0. The lowest BCUT2D eigenvalue weighted by atomic mass is 9.94. The van der Waals surface area contributed by atoms with Gasteiger partial charge in [-0.3, -0.25) is 4.79 Å². The molecule has 2 fully saturated rings. The Morgan fingerprint density at radius 2 is 1.84 bits per heavy atom. The number of nitrogens with one attached hydrogen (secondary N) is 1. The van der Waals surface area contributed by atoms with Crippen molar-refractivity contribution in [1.82, 2.24) is 10.2 Å². The minimum atomic E-state index is 0.373. The van der Waals surface area contributed by atoms with E-state index in [1.54, 1.807) is 0 Å². The molecule has 1 heterocycles. The molecule has 1 amide bonds. The topological polar surface area (TPSA) is 32.3 Å². The second-order valence-corrected chi connectivity index (χ2v) is 6.40. The highest BCUT2D eigenvalue weighted by atomic mass is 16.2. The second-order valence-electron chi connectivity index (χ2n) is 6.40. The summed E-state index contributed by atoms with van der Waals surface area (Å²) in [5.41, 5.74) is 0. The number of amides is 1. The Morgan fingerprint density at radius 3 is 2.47 bits per heavy atom. The Labute approximate surface area is 118 Å². The summed E-state index contributed by atoms with van der Waals surface area (Å²) >= 11 is 0.